The summed E-state index contributed by atoms with van der Waals surface area (Å²) in [6, 6.07) is 0. The summed E-state index contributed by atoms with van der Waals surface area (Å²) < 4.78 is 30.6. The highest BCUT2D eigenvalue weighted by molar-refractivity contribution is 7.89. The molecule has 1 rings (SSSR count). The molecule has 0 unspecified atom stereocenters. The van der Waals surface area contributed by atoms with Crippen LogP contribution in [0.25, 0.3) is 0 Å². The number of sulfonamides is 1. The number of nitrogens with zero attached hydrogens (tertiary/aromatic N) is 1. The Morgan fingerprint density at radius 3 is 2.50 bits per heavy atom. The van der Waals surface area contributed by atoms with Gasteiger partial charge in [-0.1, -0.05) is 6.92 Å². The van der Waals surface area contributed by atoms with Crippen LogP contribution >= 0.6 is 11.6 Å². The van der Waals surface area contributed by atoms with E-state index >= 15 is 0 Å². The van der Waals surface area contributed by atoms with E-state index in [1.54, 1.807) is 4.31 Å². The van der Waals surface area contributed by atoms with Crippen LogP contribution in [-0.4, -0.2) is 50.2 Å². The van der Waals surface area contributed by atoms with Gasteiger partial charge in [0.05, 0.1) is 18.5 Å². The van der Waals surface area contributed by atoms with Crippen molar-refractivity contribution >= 4 is 21.6 Å². The first-order valence-electron chi connectivity index (χ1n) is 5.75. The monoisotopic (exact) mass is 269 g/mol. The molecule has 0 radical (unpaired) electrons. The highest BCUT2D eigenvalue weighted by atomic mass is 35.5. The van der Waals surface area contributed by atoms with Crippen molar-refractivity contribution in [3.8, 4) is 0 Å². The molecule has 0 bridgehead atoms. The first-order valence-corrected chi connectivity index (χ1v) is 7.90. The van der Waals surface area contributed by atoms with Gasteiger partial charge in [-0.15, -0.1) is 11.6 Å². The van der Waals surface area contributed by atoms with Crippen molar-refractivity contribution in [1.29, 1.82) is 0 Å². The number of halogens is 1. The molecule has 0 saturated carbocycles. The van der Waals surface area contributed by atoms with Crippen LogP contribution in [-0.2, 0) is 14.8 Å². The first kappa shape index (κ1) is 14.2. The van der Waals surface area contributed by atoms with E-state index in [-0.39, 0.29) is 11.9 Å². The molecule has 0 N–H and O–H groups in total. The number of hydrogen-bond donors (Lipinski definition) is 0. The molecule has 0 amide bonds. The Kier molecular flexibility index (Phi) is 6.03. The van der Waals surface area contributed by atoms with Gasteiger partial charge >= 0.3 is 0 Å². The maximum Gasteiger partial charge on any atom is 0.214 e. The second kappa shape index (κ2) is 6.79. The van der Waals surface area contributed by atoms with Crippen LogP contribution in [0.4, 0.5) is 0 Å². The minimum atomic E-state index is -3.03. The molecule has 0 aliphatic carbocycles. The van der Waals surface area contributed by atoms with Crippen molar-refractivity contribution in [3.05, 3.63) is 0 Å². The highest BCUT2D eigenvalue weighted by Crippen LogP contribution is 2.17. The summed E-state index contributed by atoms with van der Waals surface area (Å²) in [6.07, 6.45) is 2.40. The zero-order valence-electron chi connectivity index (χ0n) is 9.69. The van der Waals surface area contributed by atoms with E-state index in [0.717, 1.165) is 12.8 Å². The first-order chi connectivity index (χ1) is 7.60. The molecule has 0 aromatic rings. The maximum absolute atomic E-state index is 11.8. The molecule has 0 aromatic heterocycles. The summed E-state index contributed by atoms with van der Waals surface area (Å²) in [5.74, 6) is 0.745. The van der Waals surface area contributed by atoms with Crippen molar-refractivity contribution in [1.82, 2.24) is 4.31 Å². The average Bonchev–Trinajstić information content (AvgIpc) is 2.27. The zero-order valence-corrected chi connectivity index (χ0v) is 11.3. The number of alkyl halides is 1. The third-order valence-electron chi connectivity index (χ3n) is 2.69. The van der Waals surface area contributed by atoms with E-state index in [2.05, 4.69) is 0 Å². The van der Waals surface area contributed by atoms with Gasteiger partial charge in [0.15, 0.2) is 0 Å². The van der Waals surface area contributed by atoms with Gasteiger partial charge in [0.2, 0.25) is 10.0 Å². The third kappa shape index (κ3) is 4.20. The summed E-state index contributed by atoms with van der Waals surface area (Å²) >= 11 is 5.53. The van der Waals surface area contributed by atoms with Crippen LogP contribution in [0.15, 0.2) is 0 Å². The van der Waals surface area contributed by atoms with Crippen molar-refractivity contribution in [2.45, 2.75) is 32.3 Å². The summed E-state index contributed by atoms with van der Waals surface area (Å²) in [4.78, 5) is 0. The zero-order chi connectivity index (χ0) is 12.0. The third-order valence-corrected chi connectivity index (χ3v) is 4.92. The van der Waals surface area contributed by atoms with Crippen LogP contribution in [0, 0.1) is 0 Å². The molecule has 1 saturated heterocycles. The lowest BCUT2D eigenvalue weighted by atomic mass is 10.1. The van der Waals surface area contributed by atoms with E-state index < -0.39 is 10.0 Å². The van der Waals surface area contributed by atoms with Gasteiger partial charge in [0.1, 0.15) is 0 Å². The molecule has 96 valence electrons. The SMILES string of the molecule is CCCS(=O)(=O)N1CCC(OCCCl)CC1. The smallest absolute Gasteiger partial charge is 0.214 e. The fraction of sp³-hybridized carbons (Fsp3) is 1.00. The van der Waals surface area contributed by atoms with Crippen molar-refractivity contribution in [3.63, 3.8) is 0 Å². The maximum atomic E-state index is 11.8. The van der Waals surface area contributed by atoms with Gasteiger partial charge in [0, 0.05) is 19.0 Å². The van der Waals surface area contributed by atoms with E-state index in [4.69, 9.17) is 16.3 Å². The van der Waals surface area contributed by atoms with Crippen LogP contribution < -0.4 is 0 Å². The van der Waals surface area contributed by atoms with Gasteiger partial charge in [-0.25, -0.2) is 12.7 Å². The Bertz CT molecular complexity index is 286. The van der Waals surface area contributed by atoms with Gasteiger partial charge in [-0.3, -0.25) is 0 Å². The minimum absolute atomic E-state index is 0.173. The van der Waals surface area contributed by atoms with Gasteiger partial charge in [-0.05, 0) is 19.3 Å². The standard InChI is InChI=1S/C10H20ClNO3S/c1-2-9-16(13,14)12-6-3-10(4-7-12)15-8-5-11/h10H,2-9H2,1H3. The van der Waals surface area contributed by atoms with Gasteiger partial charge in [0.25, 0.3) is 0 Å². The summed E-state index contributed by atoms with van der Waals surface area (Å²) in [5, 5.41) is 0. The Morgan fingerprint density at radius 1 is 1.38 bits per heavy atom. The van der Waals surface area contributed by atoms with Gasteiger partial charge in [-0.2, -0.15) is 0 Å². The molecule has 1 heterocycles. The molecular formula is C10H20ClNO3S. The Labute approximate surface area is 103 Å². The van der Waals surface area contributed by atoms with Crippen molar-refractivity contribution in [2.75, 3.05) is 31.3 Å². The lowest BCUT2D eigenvalue weighted by molar-refractivity contribution is 0.0301. The number of piperidine rings is 1. The fourth-order valence-corrected chi connectivity index (χ4v) is 3.51. The lowest BCUT2D eigenvalue weighted by Gasteiger charge is -2.30. The summed E-state index contributed by atoms with van der Waals surface area (Å²) in [7, 11) is -3.03. The molecule has 1 aliphatic rings. The van der Waals surface area contributed by atoms with E-state index in [9.17, 15) is 8.42 Å². The second-order valence-corrected chi connectivity index (χ2v) is 6.44. The fourth-order valence-electron chi connectivity index (χ4n) is 1.88. The second-order valence-electron chi connectivity index (χ2n) is 3.97. The largest absolute Gasteiger partial charge is 0.377 e. The molecule has 1 fully saturated rings. The molecule has 0 spiro atoms. The Morgan fingerprint density at radius 2 is 2.00 bits per heavy atom. The minimum Gasteiger partial charge on any atom is -0.377 e. The normalized spacial score (nSPS) is 20.1. The van der Waals surface area contributed by atoms with E-state index in [0.29, 0.717) is 32.0 Å². The quantitative estimate of drug-likeness (QED) is 0.686. The Balaban J connectivity index is 2.37. The Hall–Kier alpha value is 0.160. The van der Waals surface area contributed by atoms with E-state index in [1.807, 2.05) is 6.92 Å². The van der Waals surface area contributed by atoms with Crippen LogP contribution in [0.5, 0.6) is 0 Å². The summed E-state index contributed by atoms with van der Waals surface area (Å²) in [6.45, 7) is 3.59. The molecule has 0 atom stereocenters. The topological polar surface area (TPSA) is 46.6 Å². The van der Waals surface area contributed by atoms with Crippen LogP contribution in [0.3, 0.4) is 0 Å². The molecule has 6 heteroatoms. The van der Waals surface area contributed by atoms with E-state index in [1.165, 1.54) is 0 Å². The lowest BCUT2D eigenvalue weighted by Crippen LogP contribution is -2.41. The molecular weight excluding hydrogens is 250 g/mol. The summed E-state index contributed by atoms with van der Waals surface area (Å²) in [5.41, 5.74) is 0. The average molecular weight is 270 g/mol. The molecule has 4 nitrogen and oxygen atoms in total. The molecule has 16 heavy (non-hydrogen) atoms. The van der Waals surface area contributed by atoms with Crippen LogP contribution in [0.2, 0.25) is 0 Å². The molecule has 0 aromatic carbocycles. The predicted octanol–water partition coefficient (Wildman–Crippen LogP) is 1.45. The predicted molar refractivity (Wildman–Crippen MR) is 65.3 cm³/mol. The number of ether oxygens (including phenoxy) is 1. The van der Waals surface area contributed by atoms with Gasteiger partial charge < -0.3 is 4.74 Å². The number of hydrogen-bond acceptors (Lipinski definition) is 3. The molecule has 1 aliphatic heterocycles. The highest BCUT2D eigenvalue weighted by Gasteiger charge is 2.27. The van der Waals surface area contributed by atoms with Crippen molar-refractivity contribution in [2.24, 2.45) is 0 Å². The van der Waals surface area contributed by atoms with Crippen LogP contribution in [0.1, 0.15) is 26.2 Å². The number of rotatable bonds is 6. The van der Waals surface area contributed by atoms with Crippen molar-refractivity contribution < 1.29 is 13.2 Å².